The van der Waals surface area contributed by atoms with E-state index in [0.29, 0.717) is 0 Å². The number of carboxylic acid groups (broad SMARTS) is 2. The largest absolute Gasteiger partial charge is 0.496 e. The van der Waals surface area contributed by atoms with Gasteiger partial charge in [0.25, 0.3) is 0 Å². The third-order valence-corrected chi connectivity index (χ3v) is 3.17. The molecule has 27 heavy (non-hydrogen) atoms. The van der Waals surface area contributed by atoms with Crippen LogP contribution in [0.25, 0.3) is 0 Å². The fraction of sp³-hybridized carbons (Fsp3) is 0.125. The summed E-state index contributed by atoms with van der Waals surface area (Å²) in [6.07, 6.45) is 0. The maximum Gasteiger partial charge on any atom is 0.343 e. The van der Waals surface area contributed by atoms with Crippen LogP contribution < -0.4 is 9.47 Å². The Balaban J connectivity index is 0.000000289. The van der Waals surface area contributed by atoms with Crippen LogP contribution in [-0.4, -0.2) is 41.3 Å². The highest BCUT2D eigenvalue weighted by molar-refractivity contribution is 5.96. The van der Waals surface area contributed by atoms with Crippen LogP contribution in [0.4, 0.5) is 11.4 Å². The molecule has 0 aliphatic heterocycles. The van der Waals surface area contributed by atoms with Crippen LogP contribution in [0.3, 0.4) is 0 Å². The molecule has 2 N–H and O–H groups in total. The lowest BCUT2D eigenvalue weighted by atomic mass is 10.1. The van der Waals surface area contributed by atoms with Gasteiger partial charge in [-0.05, 0) is 23.4 Å². The molecule has 0 aromatic heterocycles. The first-order valence-electron chi connectivity index (χ1n) is 7.06. The predicted octanol–water partition coefficient (Wildman–Crippen LogP) is 3.09. The van der Waals surface area contributed by atoms with Crippen molar-refractivity contribution in [1.29, 1.82) is 0 Å². The first-order valence-corrected chi connectivity index (χ1v) is 7.06. The minimum atomic E-state index is -1.35. The molecular formula is C16H14N2O9. The van der Waals surface area contributed by atoms with E-state index in [0.717, 1.165) is 13.2 Å². The molecule has 142 valence electrons. The normalized spacial score (nSPS) is 9.41. The number of rotatable bonds is 6. The van der Waals surface area contributed by atoms with Gasteiger partial charge in [0.1, 0.15) is 11.4 Å². The van der Waals surface area contributed by atoms with Crippen LogP contribution in [0.2, 0.25) is 0 Å². The number of carbonyl (C=O) groups is 2. The summed E-state index contributed by atoms with van der Waals surface area (Å²) >= 11 is 0. The van der Waals surface area contributed by atoms with Crippen molar-refractivity contribution in [1.82, 2.24) is 0 Å². The number of ether oxygens (including phenoxy) is 2. The van der Waals surface area contributed by atoms with Gasteiger partial charge in [0.15, 0.2) is 5.56 Å². The molecule has 0 fully saturated rings. The fourth-order valence-electron chi connectivity index (χ4n) is 2.01. The minimum absolute atomic E-state index is 0.00921. The number of methoxy groups -OCH3 is 2. The molecule has 0 atom stereocenters. The maximum absolute atomic E-state index is 11.0. The summed E-state index contributed by atoms with van der Waals surface area (Å²) in [7, 11) is 2.43. The molecule has 0 amide bonds. The van der Waals surface area contributed by atoms with E-state index >= 15 is 0 Å². The lowest BCUT2D eigenvalue weighted by Crippen LogP contribution is -2.06. The Kier molecular flexibility index (Phi) is 7.37. The summed E-state index contributed by atoms with van der Waals surface area (Å²) in [5.74, 6) is -2.80. The molecule has 11 heteroatoms. The van der Waals surface area contributed by atoms with Gasteiger partial charge in [-0.3, -0.25) is 10.1 Å². The van der Waals surface area contributed by atoms with E-state index in [1.165, 1.54) is 31.4 Å². The van der Waals surface area contributed by atoms with E-state index in [1.54, 1.807) is 6.07 Å². The average molecular weight is 378 g/mol. The third kappa shape index (κ3) is 4.98. The topological polar surface area (TPSA) is 166 Å². The van der Waals surface area contributed by atoms with Gasteiger partial charge in [0.2, 0.25) is 5.75 Å². The van der Waals surface area contributed by atoms with Gasteiger partial charge < -0.3 is 19.7 Å². The van der Waals surface area contributed by atoms with E-state index in [2.05, 4.69) is 5.18 Å². The zero-order chi connectivity index (χ0) is 20.6. The quantitative estimate of drug-likeness (QED) is 0.436. The van der Waals surface area contributed by atoms with Gasteiger partial charge in [0, 0.05) is 6.07 Å². The summed E-state index contributed by atoms with van der Waals surface area (Å²) in [5, 5.41) is 30.6. The first-order chi connectivity index (χ1) is 12.8. The number of hydrogen-bond donors (Lipinski definition) is 2. The average Bonchev–Trinajstić information content (AvgIpc) is 2.66. The maximum atomic E-state index is 11.0. The summed E-state index contributed by atoms with van der Waals surface area (Å²) in [4.78, 5) is 41.3. The van der Waals surface area contributed by atoms with Crippen molar-refractivity contribution in [3.63, 3.8) is 0 Å². The molecule has 0 bridgehead atoms. The Labute approximate surface area is 151 Å². The second kappa shape index (κ2) is 9.46. The molecule has 0 saturated carbocycles. The zero-order valence-corrected chi connectivity index (χ0v) is 14.1. The number of hydrogen-bond acceptors (Lipinski definition) is 8. The van der Waals surface area contributed by atoms with E-state index < -0.39 is 22.5 Å². The summed E-state index contributed by atoms with van der Waals surface area (Å²) < 4.78 is 9.54. The second-order valence-electron chi connectivity index (χ2n) is 4.67. The molecule has 2 rings (SSSR count). The van der Waals surface area contributed by atoms with E-state index in [4.69, 9.17) is 19.7 Å². The van der Waals surface area contributed by atoms with Crippen molar-refractivity contribution in [3.8, 4) is 11.5 Å². The molecule has 0 heterocycles. The molecule has 0 aliphatic carbocycles. The number of nitroso groups, excluding NO2 is 1. The van der Waals surface area contributed by atoms with Crippen LogP contribution in [0, 0.1) is 15.0 Å². The smallest absolute Gasteiger partial charge is 0.343 e. The number of benzene rings is 2. The van der Waals surface area contributed by atoms with Crippen LogP contribution in [0.5, 0.6) is 11.5 Å². The van der Waals surface area contributed by atoms with Crippen molar-refractivity contribution < 1.29 is 34.2 Å². The van der Waals surface area contributed by atoms with Crippen molar-refractivity contribution in [2.75, 3.05) is 14.2 Å². The highest BCUT2D eigenvalue weighted by Gasteiger charge is 2.26. The highest BCUT2D eigenvalue weighted by Crippen LogP contribution is 2.36. The van der Waals surface area contributed by atoms with Crippen molar-refractivity contribution >= 4 is 23.3 Å². The summed E-state index contributed by atoms with van der Waals surface area (Å²) in [6.45, 7) is 0. The van der Waals surface area contributed by atoms with Crippen LogP contribution >= 0.6 is 0 Å². The summed E-state index contributed by atoms with van der Waals surface area (Å²) in [5.41, 5.74) is -0.887. The van der Waals surface area contributed by atoms with Gasteiger partial charge in [0.05, 0.1) is 24.7 Å². The van der Waals surface area contributed by atoms with Gasteiger partial charge in [-0.25, -0.2) is 9.59 Å². The van der Waals surface area contributed by atoms with E-state index in [9.17, 15) is 24.6 Å². The third-order valence-electron chi connectivity index (χ3n) is 3.17. The van der Waals surface area contributed by atoms with Crippen LogP contribution in [-0.2, 0) is 0 Å². The van der Waals surface area contributed by atoms with Crippen molar-refractivity contribution in [2.45, 2.75) is 0 Å². The Bertz CT molecular complexity index is 880. The number of nitro groups is 1. The number of nitrogens with zero attached hydrogens (tertiary/aromatic N) is 2. The summed E-state index contributed by atoms with van der Waals surface area (Å²) in [6, 6.07) is 8.13. The molecule has 0 unspecified atom stereocenters. The monoisotopic (exact) mass is 378 g/mol. The molecule has 0 saturated heterocycles. The Morgan fingerprint density at radius 1 is 1.04 bits per heavy atom. The molecular weight excluding hydrogens is 364 g/mol. The predicted molar refractivity (Wildman–Crippen MR) is 92.0 cm³/mol. The lowest BCUT2D eigenvalue weighted by Gasteiger charge is -2.09. The molecule has 0 spiro atoms. The zero-order valence-electron chi connectivity index (χ0n) is 14.1. The molecule has 2 aromatic rings. The van der Waals surface area contributed by atoms with Crippen LogP contribution in [0.15, 0.2) is 41.6 Å². The number of carboxylic acids is 2. The SMILES string of the molecule is COc1ccc([N+](=O)[O-])c(OC)c1C(=O)O.O=Nc1ccccc1C(=O)O. The van der Waals surface area contributed by atoms with E-state index in [-0.39, 0.29) is 28.3 Å². The van der Waals surface area contributed by atoms with Crippen molar-refractivity contribution in [3.05, 3.63) is 62.5 Å². The standard InChI is InChI=1S/C9H9NO6.C7H5NO3/c1-15-6-4-3-5(10(13)14)8(16-2)7(6)9(11)12;9-7(10)5-3-1-2-4-6(5)8-11/h3-4H,1-2H3,(H,11,12);1-4H,(H,9,10). The minimum Gasteiger partial charge on any atom is -0.496 e. The van der Waals surface area contributed by atoms with Gasteiger partial charge in [-0.1, -0.05) is 12.1 Å². The molecule has 2 aromatic carbocycles. The molecule has 0 aliphatic rings. The number of aromatic carboxylic acids is 2. The lowest BCUT2D eigenvalue weighted by molar-refractivity contribution is -0.385. The fourth-order valence-corrected chi connectivity index (χ4v) is 2.01. The Morgan fingerprint density at radius 2 is 1.67 bits per heavy atom. The van der Waals surface area contributed by atoms with Gasteiger partial charge in [-0.2, -0.15) is 0 Å². The van der Waals surface area contributed by atoms with Crippen LogP contribution in [0.1, 0.15) is 20.7 Å². The number of nitro benzene ring substituents is 1. The van der Waals surface area contributed by atoms with Gasteiger partial charge >= 0.3 is 17.6 Å². The van der Waals surface area contributed by atoms with E-state index in [1.807, 2.05) is 0 Å². The second-order valence-corrected chi connectivity index (χ2v) is 4.67. The molecule has 0 radical (unpaired) electrons. The highest BCUT2D eigenvalue weighted by atomic mass is 16.6. The Morgan fingerprint density at radius 3 is 2.07 bits per heavy atom. The molecule has 11 nitrogen and oxygen atoms in total. The first kappa shape index (κ1) is 21.0. The van der Waals surface area contributed by atoms with Gasteiger partial charge in [-0.15, -0.1) is 4.91 Å². The van der Waals surface area contributed by atoms with Crippen molar-refractivity contribution in [2.24, 2.45) is 5.18 Å². The Hall–Kier alpha value is -4.02.